The van der Waals surface area contributed by atoms with Crippen LogP contribution in [-0.4, -0.2) is 22.9 Å². The van der Waals surface area contributed by atoms with Gasteiger partial charge in [0.2, 0.25) is 0 Å². The predicted molar refractivity (Wildman–Crippen MR) is 121 cm³/mol. The zero-order valence-corrected chi connectivity index (χ0v) is 18.5. The van der Waals surface area contributed by atoms with E-state index in [1.165, 1.54) is 35.1 Å². The molecule has 0 aliphatic carbocycles. The molecule has 3 aromatic rings. The van der Waals surface area contributed by atoms with E-state index in [4.69, 9.17) is 4.74 Å². The lowest BCUT2D eigenvalue weighted by atomic mass is 9.92. The fourth-order valence-corrected chi connectivity index (χ4v) is 4.11. The average molecular weight is 405 g/mol. The van der Waals surface area contributed by atoms with Gasteiger partial charge in [-0.05, 0) is 62.6 Å². The molecule has 4 heteroatoms. The molecule has 2 aromatic carbocycles. The Kier molecular flexibility index (Phi) is 7.45. The van der Waals surface area contributed by atoms with E-state index in [2.05, 4.69) is 60.6 Å². The summed E-state index contributed by atoms with van der Waals surface area (Å²) < 4.78 is 6.99. The standard InChI is InChI=1S/C26H32N2O2/c1-19-25(20(2)28(3)27-19)23-16-13-22(14-17-23)15-18-24(26(29)30-4)12-8-11-21-9-6-5-7-10-21/h5-7,9-10,13-14,16-17,24H,8,11-12,15,18H2,1-4H3. The van der Waals surface area contributed by atoms with Crippen LogP contribution in [0.5, 0.6) is 0 Å². The third-order valence-corrected chi connectivity index (χ3v) is 5.93. The fourth-order valence-electron chi connectivity index (χ4n) is 4.11. The second-order valence-electron chi connectivity index (χ2n) is 8.00. The number of aryl methyl sites for hydroxylation is 4. The maximum Gasteiger partial charge on any atom is 0.308 e. The first kappa shape index (κ1) is 21.8. The number of hydrogen-bond acceptors (Lipinski definition) is 3. The number of rotatable bonds is 9. The zero-order chi connectivity index (χ0) is 21.5. The number of nitrogens with zero attached hydrogens (tertiary/aromatic N) is 2. The van der Waals surface area contributed by atoms with E-state index in [0.717, 1.165) is 37.8 Å². The number of aromatic nitrogens is 2. The molecule has 0 saturated carbocycles. The second kappa shape index (κ2) is 10.2. The monoisotopic (exact) mass is 404 g/mol. The van der Waals surface area contributed by atoms with Gasteiger partial charge < -0.3 is 4.74 Å². The van der Waals surface area contributed by atoms with Gasteiger partial charge in [-0.25, -0.2) is 0 Å². The highest BCUT2D eigenvalue weighted by Crippen LogP contribution is 2.27. The van der Waals surface area contributed by atoms with Gasteiger partial charge in [0.15, 0.2) is 0 Å². The van der Waals surface area contributed by atoms with Crippen molar-refractivity contribution in [3.63, 3.8) is 0 Å². The lowest BCUT2D eigenvalue weighted by Gasteiger charge is -2.15. The molecule has 30 heavy (non-hydrogen) atoms. The SMILES string of the molecule is COC(=O)C(CCCc1ccccc1)CCc1ccc(-c2c(C)nn(C)c2C)cc1. The highest BCUT2D eigenvalue weighted by Gasteiger charge is 2.19. The first-order valence-electron chi connectivity index (χ1n) is 10.7. The zero-order valence-electron chi connectivity index (χ0n) is 18.5. The fraction of sp³-hybridized carbons (Fsp3) is 0.385. The van der Waals surface area contributed by atoms with Gasteiger partial charge in [-0.1, -0.05) is 54.6 Å². The van der Waals surface area contributed by atoms with Crippen LogP contribution in [0.25, 0.3) is 11.1 Å². The van der Waals surface area contributed by atoms with Crippen molar-refractivity contribution in [2.24, 2.45) is 13.0 Å². The van der Waals surface area contributed by atoms with Crippen LogP contribution in [0.15, 0.2) is 54.6 Å². The van der Waals surface area contributed by atoms with E-state index in [1.807, 2.05) is 24.7 Å². The molecule has 3 rings (SSSR count). The first-order valence-corrected chi connectivity index (χ1v) is 10.7. The second-order valence-corrected chi connectivity index (χ2v) is 8.00. The van der Waals surface area contributed by atoms with Crippen LogP contribution in [-0.2, 0) is 29.4 Å². The Balaban J connectivity index is 1.59. The maximum absolute atomic E-state index is 12.3. The molecule has 0 bridgehead atoms. The van der Waals surface area contributed by atoms with Crippen LogP contribution in [0.2, 0.25) is 0 Å². The number of hydrogen-bond donors (Lipinski definition) is 0. The smallest absolute Gasteiger partial charge is 0.308 e. The Morgan fingerprint density at radius 3 is 2.23 bits per heavy atom. The minimum atomic E-state index is -0.0960. The van der Waals surface area contributed by atoms with Crippen LogP contribution in [0, 0.1) is 19.8 Å². The average Bonchev–Trinajstić information content (AvgIpc) is 3.02. The summed E-state index contributed by atoms with van der Waals surface area (Å²) in [5.74, 6) is -0.150. The summed E-state index contributed by atoms with van der Waals surface area (Å²) in [6, 6.07) is 19.1. The summed E-state index contributed by atoms with van der Waals surface area (Å²) >= 11 is 0. The Morgan fingerprint density at radius 1 is 0.967 bits per heavy atom. The lowest BCUT2D eigenvalue weighted by Crippen LogP contribution is -2.17. The van der Waals surface area contributed by atoms with E-state index < -0.39 is 0 Å². The Labute approximate surface area is 179 Å². The predicted octanol–water partition coefficient (Wildman–Crippen LogP) is 5.45. The van der Waals surface area contributed by atoms with Gasteiger partial charge in [-0.15, -0.1) is 0 Å². The van der Waals surface area contributed by atoms with Gasteiger partial charge in [0.1, 0.15) is 0 Å². The minimum absolute atomic E-state index is 0.0544. The first-order chi connectivity index (χ1) is 14.5. The number of esters is 1. The third kappa shape index (κ3) is 5.38. The minimum Gasteiger partial charge on any atom is -0.469 e. The number of carbonyl (C=O) groups excluding carboxylic acids is 1. The van der Waals surface area contributed by atoms with E-state index in [9.17, 15) is 4.79 Å². The van der Waals surface area contributed by atoms with Crippen molar-refractivity contribution in [3.8, 4) is 11.1 Å². The summed E-state index contributed by atoms with van der Waals surface area (Å²) in [6.45, 7) is 4.15. The largest absolute Gasteiger partial charge is 0.469 e. The molecule has 4 nitrogen and oxygen atoms in total. The molecule has 158 valence electrons. The highest BCUT2D eigenvalue weighted by atomic mass is 16.5. The molecule has 0 aliphatic rings. The molecule has 0 N–H and O–H groups in total. The summed E-state index contributed by atoms with van der Waals surface area (Å²) in [7, 11) is 3.46. The normalized spacial score (nSPS) is 12.0. The summed E-state index contributed by atoms with van der Waals surface area (Å²) in [5, 5.41) is 4.51. The highest BCUT2D eigenvalue weighted by molar-refractivity contribution is 5.72. The van der Waals surface area contributed by atoms with Crippen LogP contribution in [0.3, 0.4) is 0 Å². The molecule has 0 saturated heterocycles. The van der Waals surface area contributed by atoms with Gasteiger partial charge in [0.25, 0.3) is 0 Å². The molecule has 1 unspecified atom stereocenters. The van der Waals surface area contributed by atoms with Crippen molar-refractivity contribution in [1.29, 1.82) is 0 Å². The summed E-state index contributed by atoms with van der Waals surface area (Å²) in [6.07, 6.45) is 4.52. The van der Waals surface area contributed by atoms with Crippen molar-refractivity contribution in [2.45, 2.75) is 46.0 Å². The van der Waals surface area contributed by atoms with Crippen LogP contribution >= 0.6 is 0 Å². The van der Waals surface area contributed by atoms with Crippen LogP contribution < -0.4 is 0 Å². The number of benzene rings is 2. The van der Waals surface area contributed by atoms with Gasteiger partial charge in [-0.3, -0.25) is 9.48 Å². The van der Waals surface area contributed by atoms with E-state index >= 15 is 0 Å². The number of methoxy groups -OCH3 is 1. The summed E-state index contributed by atoms with van der Waals surface area (Å²) in [4.78, 5) is 12.3. The van der Waals surface area contributed by atoms with Gasteiger partial charge >= 0.3 is 5.97 Å². The molecule has 1 aromatic heterocycles. The molecular formula is C26H32N2O2. The molecular weight excluding hydrogens is 372 g/mol. The third-order valence-electron chi connectivity index (χ3n) is 5.93. The summed E-state index contributed by atoms with van der Waals surface area (Å²) in [5.41, 5.74) is 7.18. The maximum atomic E-state index is 12.3. The van der Waals surface area contributed by atoms with Gasteiger partial charge in [0.05, 0.1) is 18.7 Å². The van der Waals surface area contributed by atoms with Gasteiger partial charge in [0, 0.05) is 18.3 Å². The van der Waals surface area contributed by atoms with E-state index in [-0.39, 0.29) is 11.9 Å². The molecule has 0 aliphatic heterocycles. The number of ether oxygens (including phenoxy) is 1. The quantitative estimate of drug-likeness (QED) is 0.446. The van der Waals surface area contributed by atoms with Crippen LogP contribution in [0.1, 0.15) is 41.8 Å². The van der Waals surface area contributed by atoms with Crippen molar-refractivity contribution >= 4 is 5.97 Å². The molecule has 0 fully saturated rings. The Bertz CT molecular complexity index is 959. The van der Waals surface area contributed by atoms with Crippen molar-refractivity contribution in [2.75, 3.05) is 7.11 Å². The topological polar surface area (TPSA) is 44.1 Å². The molecule has 1 heterocycles. The molecule has 0 amide bonds. The van der Waals surface area contributed by atoms with Crippen molar-refractivity contribution in [1.82, 2.24) is 9.78 Å². The molecule has 0 radical (unpaired) electrons. The lowest BCUT2D eigenvalue weighted by molar-refractivity contribution is -0.145. The molecule has 0 spiro atoms. The van der Waals surface area contributed by atoms with Gasteiger partial charge in [-0.2, -0.15) is 5.10 Å². The Hall–Kier alpha value is -2.88. The Morgan fingerprint density at radius 2 is 1.63 bits per heavy atom. The van der Waals surface area contributed by atoms with E-state index in [1.54, 1.807) is 0 Å². The molecule has 1 atom stereocenters. The number of carbonyl (C=O) groups is 1. The van der Waals surface area contributed by atoms with Crippen molar-refractivity contribution < 1.29 is 9.53 Å². The van der Waals surface area contributed by atoms with Crippen molar-refractivity contribution in [3.05, 3.63) is 77.1 Å². The van der Waals surface area contributed by atoms with Crippen LogP contribution in [0.4, 0.5) is 0 Å². The van der Waals surface area contributed by atoms with E-state index in [0.29, 0.717) is 0 Å².